The highest BCUT2D eigenvalue weighted by Crippen LogP contribution is 2.33. The van der Waals surface area contributed by atoms with Crippen LogP contribution < -0.4 is 10.6 Å². The molecular weight excluding hydrogens is 652 g/mol. The highest BCUT2D eigenvalue weighted by molar-refractivity contribution is 9.10. The second kappa shape index (κ2) is 12.4. The van der Waals surface area contributed by atoms with Crippen LogP contribution in [0.1, 0.15) is 23.0 Å². The van der Waals surface area contributed by atoms with Gasteiger partial charge in [0.25, 0.3) is 11.4 Å². The van der Waals surface area contributed by atoms with Crippen molar-refractivity contribution in [3.05, 3.63) is 101 Å². The lowest BCUT2D eigenvalue weighted by molar-refractivity contribution is -0.384. The van der Waals surface area contributed by atoms with Crippen molar-refractivity contribution in [1.82, 2.24) is 19.6 Å². The number of hydrogen-bond acceptors (Lipinski definition) is 9. The molecule has 2 heterocycles. The van der Waals surface area contributed by atoms with Crippen LogP contribution in [0.5, 0.6) is 0 Å². The van der Waals surface area contributed by atoms with E-state index in [0.29, 0.717) is 20.1 Å². The quantitative estimate of drug-likeness (QED) is 0.153. The Labute approximate surface area is 245 Å². The molecule has 4 aromatic rings. The molecule has 0 saturated heterocycles. The zero-order chi connectivity index (χ0) is 29.0. The average molecular weight is 676 g/mol. The monoisotopic (exact) mass is 674 g/mol. The number of nitro groups is 2. The molecule has 0 aliphatic rings. The second-order valence-corrected chi connectivity index (χ2v) is 10.8. The Morgan fingerprint density at radius 1 is 0.825 bits per heavy atom. The molecule has 13 nitrogen and oxygen atoms in total. The topological polar surface area (TPSA) is 163 Å². The lowest BCUT2D eigenvalue weighted by Crippen LogP contribution is -2.30. The van der Waals surface area contributed by atoms with E-state index >= 15 is 0 Å². The van der Waals surface area contributed by atoms with Crippen LogP contribution in [0.15, 0.2) is 70.1 Å². The molecule has 0 saturated carbocycles. The Morgan fingerprint density at radius 3 is 1.55 bits per heavy atom. The fraction of sp³-hybridized carbons (Fsp3) is 0.240. The van der Waals surface area contributed by atoms with Crippen molar-refractivity contribution in [3.63, 3.8) is 0 Å². The van der Waals surface area contributed by atoms with Gasteiger partial charge in [-0.1, -0.05) is 31.9 Å². The number of nitrogens with one attached hydrogen (secondary N) is 2. The number of nitrogens with zero attached hydrogens (tertiary/aromatic N) is 6. The fourth-order valence-corrected chi connectivity index (χ4v) is 4.98. The van der Waals surface area contributed by atoms with Crippen molar-refractivity contribution in [2.24, 2.45) is 14.1 Å². The first-order chi connectivity index (χ1) is 19.0. The SMILES string of the molecule is Cn1cc(C(CNc2ccc(Br)cc2[N+](=O)[O-])C(=O)C(CNc2ccc(Br)cc2[N+](=O)[O-])c2cnn(C)c2)cn1. The van der Waals surface area contributed by atoms with Crippen molar-refractivity contribution in [2.75, 3.05) is 23.7 Å². The highest BCUT2D eigenvalue weighted by atomic mass is 79.9. The number of Topliss-reactive ketones (excluding diaryl/α,β-unsaturated/α-hetero) is 1. The maximum Gasteiger partial charge on any atom is 0.293 e. The van der Waals surface area contributed by atoms with Gasteiger partial charge in [-0.2, -0.15) is 10.2 Å². The number of anilines is 2. The van der Waals surface area contributed by atoms with Crippen molar-refractivity contribution in [1.29, 1.82) is 0 Å². The second-order valence-electron chi connectivity index (χ2n) is 9.00. The summed E-state index contributed by atoms with van der Waals surface area (Å²) in [6.07, 6.45) is 6.59. The third-order valence-electron chi connectivity index (χ3n) is 6.25. The molecule has 0 radical (unpaired) electrons. The normalized spacial score (nSPS) is 12.5. The van der Waals surface area contributed by atoms with Gasteiger partial charge < -0.3 is 10.6 Å². The van der Waals surface area contributed by atoms with Crippen molar-refractivity contribution in [3.8, 4) is 0 Å². The zero-order valence-corrected chi connectivity index (χ0v) is 24.5. The minimum Gasteiger partial charge on any atom is -0.378 e. The standard InChI is InChI=1S/C25H24Br2N8O5/c1-32-13-15(9-30-32)19(11-28-21-5-3-17(26)7-23(21)34(37)38)25(36)20(16-10-31-33(2)14-16)12-29-22-6-4-18(27)8-24(22)35(39)40/h3-10,13-14,19-20,28-29H,11-12H2,1-2H3. The lowest BCUT2D eigenvalue weighted by atomic mass is 9.85. The Bertz CT molecular complexity index is 1460. The van der Waals surface area contributed by atoms with Gasteiger partial charge in [0.2, 0.25) is 0 Å². The molecule has 40 heavy (non-hydrogen) atoms. The summed E-state index contributed by atoms with van der Waals surface area (Å²) in [5.41, 5.74) is 1.47. The molecule has 2 aromatic carbocycles. The van der Waals surface area contributed by atoms with E-state index in [1.54, 1.807) is 72.5 Å². The number of carbonyl (C=O) groups is 1. The predicted octanol–water partition coefficient (Wildman–Crippen LogP) is 5.16. The van der Waals surface area contributed by atoms with Crippen LogP contribution in [0.3, 0.4) is 0 Å². The first-order valence-corrected chi connectivity index (χ1v) is 13.5. The molecule has 0 aliphatic carbocycles. The number of rotatable bonds is 12. The minimum absolute atomic E-state index is 0.0438. The van der Waals surface area contributed by atoms with E-state index in [0.717, 1.165) is 0 Å². The van der Waals surface area contributed by atoms with Gasteiger partial charge in [-0.05, 0) is 24.3 Å². The molecule has 2 N–H and O–H groups in total. The molecule has 0 bridgehead atoms. The van der Waals surface area contributed by atoms with Crippen molar-refractivity contribution >= 4 is 60.4 Å². The number of hydrogen-bond donors (Lipinski definition) is 2. The summed E-state index contributed by atoms with van der Waals surface area (Å²) in [5, 5.41) is 37.8. The largest absolute Gasteiger partial charge is 0.378 e. The van der Waals surface area contributed by atoms with Crippen LogP contribution in [0, 0.1) is 20.2 Å². The van der Waals surface area contributed by atoms with Crippen LogP contribution in [-0.4, -0.2) is 48.3 Å². The molecule has 2 unspecified atom stereocenters. The Kier molecular flexibility index (Phi) is 8.94. The van der Waals surface area contributed by atoms with Gasteiger partial charge in [0.15, 0.2) is 5.78 Å². The number of halogens is 2. The van der Waals surface area contributed by atoms with E-state index in [-0.39, 0.29) is 41.6 Å². The summed E-state index contributed by atoms with van der Waals surface area (Å²) in [6, 6.07) is 9.25. The van der Waals surface area contributed by atoms with Gasteiger partial charge in [0.1, 0.15) is 11.4 Å². The average Bonchev–Trinajstić information content (AvgIpc) is 3.53. The van der Waals surface area contributed by atoms with Gasteiger partial charge in [0.05, 0.1) is 34.1 Å². The molecule has 0 spiro atoms. The van der Waals surface area contributed by atoms with Gasteiger partial charge in [0, 0.05) is 71.8 Å². The molecule has 2 atom stereocenters. The maximum absolute atomic E-state index is 14.2. The van der Waals surface area contributed by atoms with Crippen LogP contribution in [0.2, 0.25) is 0 Å². The smallest absolute Gasteiger partial charge is 0.293 e. The number of aromatic nitrogens is 4. The van der Waals surface area contributed by atoms with E-state index in [2.05, 4.69) is 52.7 Å². The number of ketones is 1. The summed E-state index contributed by atoms with van der Waals surface area (Å²) in [7, 11) is 3.45. The summed E-state index contributed by atoms with van der Waals surface area (Å²) in [6.45, 7) is 0.0877. The van der Waals surface area contributed by atoms with Gasteiger partial charge in [-0.15, -0.1) is 0 Å². The number of carbonyl (C=O) groups excluding carboxylic acids is 1. The molecule has 4 rings (SSSR count). The van der Waals surface area contributed by atoms with Crippen LogP contribution in [0.4, 0.5) is 22.7 Å². The first kappa shape index (κ1) is 28.9. The Balaban J connectivity index is 1.67. The van der Waals surface area contributed by atoms with Crippen LogP contribution in [-0.2, 0) is 18.9 Å². The zero-order valence-electron chi connectivity index (χ0n) is 21.3. The molecule has 208 valence electrons. The highest BCUT2D eigenvalue weighted by Gasteiger charge is 2.32. The fourth-order valence-electron chi connectivity index (χ4n) is 4.28. The van der Waals surface area contributed by atoms with Gasteiger partial charge >= 0.3 is 0 Å². The molecule has 0 fully saturated rings. The molecule has 2 aromatic heterocycles. The van der Waals surface area contributed by atoms with Crippen LogP contribution in [0.25, 0.3) is 0 Å². The molecule has 15 heteroatoms. The molecule has 0 aliphatic heterocycles. The van der Waals surface area contributed by atoms with E-state index < -0.39 is 21.7 Å². The maximum atomic E-state index is 14.2. The third kappa shape index (κ3) is 6.71. The number of nitro benzene ring substituents is 2. The van der Waals surface area contributed by atoms with E-state index in [1.807, 2.05) is 0 Å². The number of benzene rings is 2. The summed E-state index contributed by atoms with van der Waals surface area (Å²) in [4.78, 5) is 36.5. The minimum atomic E-state index is -0.760. The summed E-state index contributed by atoms with van der Waals surface area (Å²) in [5.74, 6) is -1.74. The van der Waals surface area contributed by atoms with E-state index in [9.17, 15) is 25.0 Å². The van der Waals surface area contributed by atoms with E-state index in [4.69, 9.17) is 0 Å². The third-order valence-corrected chi connectivity index (χ3v) is 7.23. The predicted molar refractivity (Wildman–Crippen MR) is 155 cm³/mol. The Morgan fingerprint density at radius 2 is 1.23 bits per heavy atom. The summed E-state index contributed by atoms with van der Waals surface area (Å²) >= 11 is 6.50. The van der Waals surface area contributed by atoms with Crippen molar-refractivity contribution < 1.29 is 14.6 Å². The van der Waals surface area contributed by atoms with E-state index in [1.165, 1.54) is 12.1 Å². The lowest BCUT2D eigenvalue weighted by Gasteiger charge is -2.23. The Hall–Kier alpha value is -4.11. The number of aryl methyl sites for hydroxylation is 2. The van der Waals surface area contributed by atoms with Gasteiger partial charge in [-0.3, -0.25) is 34.4 Å². The summed E-state index contributed by atoms with van der Waals surface area (Å²) < 4.78 is 4.24. The molecule has 0 amide bonds. The van der Waals surface area contributed by atoms with Gasteiger partial charge in [-0.25, -0.2) is 0 Å². The van der Waals surface area contributed by atoms with Crippen LogP contribution >= 0.6 is 31.9 Å². The van der Waals surface area contributed by atoms with Crippen molar-refractivity contribution in [2.45, 2.75) is 11.8 Å². The first-order valence-electron chi connectivity index (χ1n) is 11.9. The molecular formula is C25H24Br2N8O5.